The van der Waals surface area contributed by atoms with Crippen molar-refractivity contribution in [2.24, 2.45) is 0 Å². The number of aliphatic hydroxyl groups excluding tert-OH is 1. The van der Waals surface area contributed by atoms with Crippen LogP contribution < -0.4 is 5.32 Å². The Morgan fingerprint density at radius 3 is 2.25 bits per heavy atom. The molecule has 2 bridgehead atoms. The van der Waals surface area contributed by atoms with E-state index >= 15 is 0 Å². The highest BCUT2D eigenvalue weighted by atomic mass is 35.5. The van der Waals surface area contributed by atoms with Gasteiger partial charge >= 0.3 is 0 Å². The minimum absolute atomic E-state index is 0.170. The average Bonchev–Trinajstić information content (AvgIpc) is 2.75. The van der Waals surface area contributed by atoms with Crippen LogP contribution in [-0.4, -0.2) is 40.7 Å². The Morgan fingerprint density at radius 1 is 1.21 bits per heavy atom. The van der Waals surface area contributed by atoms with E-state index in [0.717, 1.165) is 12.8 Å². The van der Waals surface area contributed by atoms with Gasteiger partial charge in [0.05, 0.1) is 16.1 Å². The van der Waals surface area contributed by atoms with Gasteiger partial charge in [-0.3, -0.25) is 4.90 Å². The SMILES string of the molecule is CC(C)N1C2CCC1CC(NCC(O)c1c(Cl)cc(F)cc1Cl)C2. The summed E-state index contributed by atoms with van der Waals surface area (Å²) in [7, 11) is 0. The summed E-state index contributed by atoms with van der Waals surface area (Å²) in [6.07, 6.45) is 3.89. The van der Waals surface area contributed by atoms with E-state index < -0.39 is 11.9 Å². The van der Waals surface area contributed by atoms with Gasteiger partial charge in [0.25, 0.3) is 0 Å². The standard InChI is InChI=1S/C18H25Cl2FN2O/c1-10(2)23-13-3-4-14(23)8-12(7-13)22-9-17(24)18-15(19)5-11(21)6-16(18)20/h5-6,10,12-14,17,22,24H,3-4,7-9H2,1-2H3. The Labute approximate surface area is 153 Å². The van der Waals surface area contributed by atoms with E-state index in [1.165, 1.54) is 25.0 Å². The van der Waals surface area contributed by atoms with Crippen molar-refractivity contribution in [3.63, 3.8) is 0 Å². The summed E-state index contributed by atoms with van der Waals surface area (Å²) in [5.41, 5.74) is 0.398. The zero-order chi connectivity index (χ0) is 17.4. The molecule has 2 heterocycles. The van der Waals surface area contributed by atoms with E-state index in [9.17, 15) is 9.50 Å². The molecule has 6 heteroatoms. The quantitative estimate of drug-likeness (QED) is 0.811. The lowest BCUT2D eigenvalue weighted by Gasteiger charge is -2.42. The lowest BCUT2D eigenvalue weighted by atomic mass is 9.95. The third-order valence-corrected chi connectivity index (χ3v) is 5.99. The number of fused-ring (bicyclic) bond motifs is 2. The lowest BCUT2D eigenvalue weighted by molar-refractivity contribution is 0.0788. The molecule has 1 aromatic rings. The van der Waals surface area contributed by atoms with E-state index in [0.29, 0.717) is 36.3 Å². The number of hydrogen-bond acceptors (Lipinski definition) is 3. The van der Waals surface area contributed by atoms with E-state index in [1.54, 1.807) is 0 Å². The normalized spacial score (nSPS) is 28.5. The second-order valence-corrected chi connectivity index (χ2v) is 8.12. The van der Waals surface area contributed by atoms with Gasteiger partial charge in [0.15, 0.2) is 0 Å². The fraction of sp³-hybridized carbons (Fsp3) is 0.667. The minimum atomic E-state index is -0.841. The first kappa shape index (κ1) is 18.4. The van der Waals surface area contributed by atoms with E-state index in [-0.39, 0.29) is 10.0 Å². The molecule has 2 aliphatic rings. The third kappa shape index (κ3) is 3.73. The van der Waals surface area contributed by atoms with Crippen LogP contribution in [0.2, 0.25) is 10.0 Å². The molecule has 2 aliphatic heterocycles. The fourth-order valence-corrected chi connectivity index (χ4v) is 5.19. The summed E-state index contributed by atoms with van der Waals surface area (Å²) < 4.78 is 13.3. The molecule has 1 aromatic carbocycles. The van der Waals surface area contributed by atoms with Gasteiger partial charge in [-0.15, -0.1) is 0 Å². The van der Waals surface area contributed by atoms with Crippen molar-refractivity contribution in [2.45, 2.75) is 69.8 Å². The van der Waals surface area contributed by atoms with Gasteiger partial charge in [-0.2, -0.15) is 0 Å². The molecule has 3 atom stereocenters. The molecular formula is C18H25Cl2FN2O. The summed E-state index contributed by atoms with van der Waals surface area (Å²) in [5, 5.41) is 14.2. The molecule has 0 aromatic heterocycles. The molecule has 2 fully saturated rings. The van der Waals surface area contributed by atoms with E-state index in [1.807, 2.05) is 0 Å². The summed E-state index contributed by atoms with van der Waals surface area (Å²) >= 11 is 12.1. The molecule has 2 N–H and O–H groups in total. The zero-order valence-electron chi connectivity index (χ0n) is 14.1. The number of rotatable bonds is 5. The molecule has 0 aliphatic carbocycles. The molecule has 3 unspecified atom stereocenters. The van der Waals surface area contributed by atoms with Gasteiger partial charge in [0.2, 0.25) is 0 Å². The minimum Gasteiger partial charge on any atom is -0.387 e. The van der Waals surface area contributed by atoms with Crippen LogP contribution >= 0.6 is 23.2 Å². The second kappa shape index (κ2) is 7.46. The molecule has 0 amide bonds. The van der Waals surface area contributed by atoms with Crippen LogP contribution in [0.25, 0.3) is 0 Å². The molecule has 0 radical (unpaired) electrons. The molecule has 24 heavy (non-hydrogen) atoms. The molecule has 3 rings (SSSR count). The summed E-state index contributed by atoms with van der Waals surface area (Å²) in [5.74, 6) is -0.494. The van der Waals surface area contributed by atoms with Crippen molar-refractivity contribution in [2.75, 3.05) is 6.54 Å². The summed E-state index contributed by atoms with van der Waals surface area (Å²) in [6, 6.07) is 4.63. The van der Waals surface area contributed by atoms with E-state index in [4.69, 9.17) is 23.2 Å². The van der Waals surface area contributed by atoms with Crippen molar-refractivity contribution in [1.82, 2.24) is 10.2 Å². The number of piperidine rings is 1. The maximum Gasteiger partial charge on any atom is 0.126 e. The number of nitrogens with one attached hydrogen (secondary N) is 1. The van der Waals surface area contributed by atoms with E-state index in [2.05, 4.69) is 24.1 Å². The molecule has 134 valence electrons. The van der Waals surface area contributed by atoms with Gasteiger partial charge in [-0.05, 0) is 51.7 Å². The van der Waals surface area contributed by atoms with Crippen molar-refractivity contribution in [3.05, 3.63) is 33.6 Å². The number of benzene rings is 1. The van der Waals surface area contributed by atoms with Gasteiger partial charge in [-0.1, -0.05) is 23.2 Å². The first-order valence-electron chi connectivity index (χ1n) is 8.70. The number of aliphatic hydroxyl groups is 1. The van der Waals surface area contributed by atoms with Gasteiger partial charge in [0, 0.05) is 36.3 Å². The number of halogens is 3. The van der Waals surface area contributed by atoms with Crippen LogP contribution in [0, 0.1) is 5.82 Å². The van der Waals surface area contributed by atoms with Crippen LogP contribution in [0.1, 0.15) is 51.2 Å². The van der Waals surface area contributed by atoms with Crippen molar-refractivity contribution in [3.8, 4) is 0 Å². The highest BCUT2D eigenvalue weighted by molar-refractivity contribution is 6.36. The van der Waals surface area contributed by atoms with Crippen molar-refractivity contribution >= 4 is 23.2 Å². The van der Waals surface area contributed by atoms with Gasteiger partial charge in [-0.25, -0.2) is 4.39 Å². The predicted molar refractivity (Wildman–Crippen MR) is 96.2 cm³/mol. The van der Waals surface area contributed by atoms with Gasteiger partial charge in [0.1, 0.15) is 5.82 Å². The maximum atomic E-state index is 13.3. The number of nitrogens with zero attached hydrogens (tertiary/aromatic N) is 1. The lowest BCUT2D eigenvalue weighted by Crippen LogP contribution is -2.52. The highest BCUT2D eigenvalue weighted by Crippen LogP contribution is 2.37. The third-order valence-electron chi connectivity index (χ3n) is 5.36. The first-order chi connectivity index (χ1) is 11.4. The second-order valence-electron chi connectivity index (χ2n) is 7.30. The van der Waals surface area contributed by atoms with Crippen LogP contribution in [-0.2, 0) is 0 Å². The fourth-order valence-electron chi connectivity index (χ4n) is 4.48. The molecule has 0 spiro atoms. The first-order valence-corrected chi connectivity index (χ1v) is 9.45. The van der Waals surface area contributed by atoms with Crippen LogP contribution in [0.15, 0.2) is 12.1 Å². The predicted octanol–water partition coefficient (Wildman–Crippen LogP) is 4.16. The Bertz CT molecular complexity index is 561. The monoisotopic (exact) mass is 374 g/mol. The zero-order valence-corrected chi connectivity index (χ0v) is 15.6. The highest BCUT2D eigenvalue weighted by Gasteiger charge is 2.41. The van der Waals surface area contributed by atoms with Crippen LogP contribution in [0.3, 0.4) is 0 Å². The largest absolute Gasteiger partial charge is 0.387 e. The summed E-state index contributed by atoms with van der Waals surface area (Å²) in [4.78, 5) is 2.64. The molecule has 2 saturated heterocycles. The Hall–Kier alpha value is -0.390. The molecular weight excluding hydrogens is 350 g/mol. The molecule has 3 nitrogen and oxygen atoms in total. The Morgan fingerprint density at radius 2 is 1.75 bits per heavy atom. The van der Waals surface area contributed by atoms with Crippen LogP contribution in [0.5, 0.6) is 0 Å². The van der Waals surface area contributed by atoms with Crippen molar-refractivity contribution < 1.29 is 9.50 Å². The topological polar surface area (TPSA) is 35.5 Å². The smallest absolute Gasteiger partial charge is 0.126 e. The van der Waals surface area contributed by atoms with Crippen molar-refractivity contribution in [1.29, 1.82) is 0 Å². The Kier molecular flexibility index (Phi) is 5.72. The number of hydrogen-bond donors (Lipinski definition) is 2. The van der Waals surface area contributed by atoms with Crippen LogP contribution in [0.4, 0.5) is 4.39 Å². The van der Waals surface area contributed by atoms with Gasteiger partial charge < -0.3 is 10.4 Å². The molecule has 0 saturated carbocycles. The average molecular weight is 375 g/mol. The maximum absolute atomic E-state index is 13.3. The summed E-state index contributed by atoms with van der Waals surface area (Å²) in [6.45, 7) is 4.90. The Balaban J connectivity index is 1.59.